The summed E-state index contributed by atoms with van der Waals surface area (Å²) in [6.45, 7) is 1.62. The van der Waals surface area contributed by atoms with E-state index in [2.05, 4.69) is 5.32 Å². The number of nitrogens with one attached hydrogen (secondary N) is 1. The Morgan fingerprint density at radius 3 is 2.73 bits per heavy atom. The van der Waals surface area contributed by atoms with Crippen LogP contribution in [0.5, 0.6) is 5.75 Å². The minimum atomic E-state index is -0.611. The fraction of sp³-hybridized carbons (Fsp3) is 0.316. The first-order valence-electron chi connectivity index (χ1n) is 8.29. The third-order valence-electron chi connectivity index (χ3n) is 4.40. The van der Waals surface area contributed by atoms with Gasteiger partial charge in [0.25, 0.3) is 5.91 Å². The third kappa shape index (κ3) is 3.61. The number of hydrogen-bond acceptors (Lipinski definition) is 5. The predicted octanol–water partition coefficient (Wildman–Crippen LogP) is 1.03. The second kappa shape index (κ2) is 7.43. The normalized spacial score (nSPS) is 15.9. The molecule has 1 aliphatic rings. The van der Waals surface area contributed by atoms with E-state index >= 15 is 0 Å². The van der Waals surface area contributed by atoms with E-state index < -0.39 is 6.04 Å². The molecular weight excluding hydrogens is 336 g/mol. The van der Waals surface area contributed by atoms with E-state index in [4.69, 9.17) is 9.15 Å². The summed E-state index contributed by atoms with van der Waals surface area (Å²) >= 11 is 0. The molecule has 1 N–H and O–H groups in total. The van der Waals surface area contributed by atoms with Crippen LogP contribution in [-0.4, -0.2) is 36.4 Å². The van der Waals surface area contributed by atoms with Gasteiger partial charge in [0.2, 0.25) is 17.1 Å². The number of carbonyl (C=O) groups is 2. The molecule has 136 valence electrons. The van der Waals surface area contributed by atoms with Crippen molar-refractivity contribution in [3.63, 3.8) is 0 Å². The number of carbonyl (C=O) groups excluding carboxylic acids is 2. The second-order valence-electron chi connectivity index (χ2n) is 6.13. The van der Waals surface area contributed by atoms with E-state index in [1.165, 1.54) is 17.2 Å². The lowest BCUT2D eigenvalue weighted by molar-refractivity contribution is -0.143. The number of hydrogen-bond donors (Lipinski definition) is 1. The molecule has 1 atom stereocenters. The molecule has 0 saturated carbocycles. The largest absolute Gasteiger partial charge is 0.477 e. The molecule has 0 bridgehead atoms. The Balaban J connectivity index is 1.77. The minimum absolute atomic E-state index is 0.0298. The molecule has 0 saturated heterocycles. The average Bonchev–Trinajstić information content (AvgIpc) is 2.65. The van der Waals surface area contributed by atoms with Crippen LogP contribution in [0.4, 0.5) is 0 Å². The van der Waals surface area contributed by atoms with Gasteiger partial charge < -0.3 is 19.4 Å². The maximum Gasteiger partial charge on any atom is 0.261 e. The van der Waals surface area contributed by atoms with Gasteiger partial charge in [-0.3, -0.25) is 14.4 Å². The van der Waals surface area contributed by atoms with Crippen molar-refractivity contribution in [2.24, 2.45) is 0 Å². The van der Waals surface area contributed by atoms with Crippen LogP contribution in [0.3, 0.4) is 0 Å². The first-order chi connectivity index (χ1) is 12.5. The molecule has 0 unspecified atom stereocenters. The van der Waals surface area contributed by atoms with Crippen molar-refractivity contribution >= 4 is 11.8 Å². The zero-order valence-corrected chi connectivity index (χ0v) is 14.7. The fourth-order valence-corrected chi connectivity index (χ4v) is 3.01. The van der Waals surface area contributed by atoms with Gasteiger partial charge in [0.05, 0.1) is 0 Å². The first kappa shape index (κ1) is 17.7. The SMILES string of the molecule is CNC(=O)[C@@H]1Cc2ccccc2CN1C(=O)COc1coc(C)cc1=O. The van der Waals surface area contributed by atoms with E-state index in [-0.39, 0.29) is 29.6 Å². The third-order valence-corrected chi connectivity index (χ3v) is 4.40. The van der Waals surface area contributed by atoms with Gasteiger partial charge in [0.15, 0.2) is 6.61 Å². The standard InChI is InChI=1S/C19H20N2O5/c1-12-7-16(22)17(10-25-12)26-11-18(23)21-9-14-6-4-3-5-13(14)8-15(21)19(24)20-2/h3-7,10,15H,8-9,11H2,1-2H3,(H,20,24)/t15-/m0/s1. The number of ether oxygens (including phenoxy) is 1. The molecule has 7 nitrogen and oxygen atoms in total. The molecule has 2 heterocycles. The highest BCUT2D eigenvalue weighted by Crippen LogP contribution is 2.23. The maximum absolute atomic E-state index is 12.7. The van der Waals surface area contributed by atoms with Gasteiger partial charge in [0.1, 0.15) is 18.1 Å². The van der Waals surface area contributed by atoms with E-state index in [0.717, 1.165) is 11.1 Å². The predicted molar refractivity (Wildman–Crippen MR) is 93.8 cm³/mol. The number of aryl methyl sites for hydroxylation is 1. The molecular formula is C19H20N2O5. The molecule has 0 spiro atoms. The van der Waals surface area contributed by atoms with Crippen molar-refractivity contribution in [2.45, 2.75) is 25.9 Å². The number of fused-ring (bicyclic) bond motifs is 1. The Morgan fingerprint density at radius 1 is 1.31 bits per heavy atom. The van der Waals surface area contributed by atoms with Gasteiger partial charge in [-0.05, 0) is 18.1 Å². The topological polar surface area (TPSA) is 88.8 Å². The van der Waals surface area contributed by atoms with Crippen LogP contribution < -0.4 is 15.5 Å². The summed E-state index contributed by atoms with van der Waals surface area (Å²) in [5.41, 5.74) is 1.69. The average molecular weight is 356 g/mol. The van der Waals surface area contributed by atoms with Gasteiger partial charge in [0, 0.05) is 26.1 Å². The molecule has 1 aliphatic heterocycles. The van der Waals surface area contributed by atoms with Crippen molar-refractivity contribution in [1.82, 2.24) is 10.2 Å². The number of nitrogens with zero attached hydrogens (tertiary/aromatic N) is 1. The van der Waals surface area contributed by atoms with Crippen LogP contribution in [0.25, 0.3) is 0 Å². The highest BCUT2D eigenvalue weighted by molar-refractivity contribution is 5.88. The monoisotopic (exact) mass is 356 g/mol. The summed E-state index contributed by atoms with van der Waals surface area (Å²) < 4.78 is 10.5. The molecule has 1 aromatic carbocycles. The Morgan fingerprint density at radius 2 is 2.04 bits per heavy atom. The van der Waals surface area contributed by atoms with E-state index in [1.807, 2.05) is 24.3 Å². The van der Waals surface area contributed by atoms with Crippen LogP contribution in [0.2, 0.25) is 0 Å². The Labute approximate surface area is 150 Å². The Hall–Kier alpha value is -3.09. The van der Waals surface area contributed by atoms with Crippen molar-refractivity contribution in [3.05, 3.63) is 63.7 Å². The molecule has 1 aromatic heterocycles. The zero-order valence-electron chi connectivity index (χ0n) is 14.7. The summed E-state index contributed by atoms with van der Waals surface area (Å²) in [6.07, 6.45) is 1.63. The molecule has 2 amide bonds. The number of rotatable bonds is 4. The van der Waals surface area contributed by atoms with E-state index in [9.17, 15) is 14.4 Å². The first-order valence-corrected chi connectivity index (χ1v) is 8.29. The van der Waals surface area contributed by atoms with Crippen molar-refractivity contribution in [1.29, 1.82) is 0 Å². The van der Waals surface area contributed by atoms with Crippen LogP contribution in [0.15, 0.2) is 45.8 Å². The van der Waals surface area contributed by atoms with Crippen molar-refractivity contribution < 1.29 is 18.7 Å². The van der Waals surface area contributed by atoms with Crippen molar-refractivity contribution in [2.75, 3.05) is 13.7 Å². The zero-order chi connectivity index (χ0) is 18.7. The van der Waals surface area contributed by atoms with Crippen molar-refractivity contribution in [3.8, 4) is 5.75 Å². The molecule has 3 rings (SSSR count). The highest BCUT2D eigenvalue weighted by Gasteiger charge is 2.34. The van der Waals surface area contributed by atoms with Gasteiger partial charge in [-0.25, -0.2) is 0 Å². The molecule has 26 heavy (non-hydrogen) atoms. The smallest absolute Gasteiger partial charge is 0.261 e. The summed E-state index contributed by atoms with van der Waals surface area (Å²) in [4.78, 5) is 38.2. The Kier molecular flexibility index (Phi) is 5.06. The number of likely N-dealkylation sites (N-methyl/N-ethyl adjacent to an activating group) is 1. The quantitative estimate of drug-likeness (QED) is 0.884. The minimum Gasteiger partial charge on any atom is -0.477 e. The molecule has 0 radical (unpaired) electrons. The number of benzene rings is 1. The highest BCUT2D eigenvalue weighted by atomic mass is 16.5. The van der Waals surface area contributed by atoms with Gasteiger partial charge in [-0.15, -0.1) is 0 Å². The summed E-state index contributed by atoms with van der Waals surface area (Å²) in [6, 6.07) is 8.39. The number of amides is 2. The Bertz CT molecular complexity index is 889. The molecule has 7 heteroatoms. The van der Waals surface area contributed by atoms with E-state index in [1.54, 1.807) is 14.0 Å². The summed E-state index contributed by atoms with van der Waals surface area (Å²) in [5, 5.41) is 2.60. The van der Waals surface area contributed by atoms with E-state index in [0.29, 0.717) is 18.7 Å². The lowest BCUT2D eigenvalue weighted by Crippen LogP contribution is -2.53. The van der Waals surface area contributed by atoms with Crippen LogP contribution in [-0.2, 0) is 22.6 Å². The van der Waals surface area contributed by atoms with Gasteiger partial charge in [-0.1, -0.05) is 24.3 Å². The van der Waals surface area contributed by atoms with Gasteiger partial charge in [-0.2, -0.15) is 0 Å². The maximum atomic E-state index is 12.7. The molecule has 0 fully saturated rings. The summed E-state index contributed by atoms with van der Waals surface area (Å²) in [5.74, 6) is -0.172. The second-order valence-corrected chi connectivity index (χ2v) is 6.13. The lowest BCUT2D eigenvalue weighted by atomic mass is 9.93. The van der Waals surface area contributed by atoms with Crippen LogP contribution in [0, 0.1) is 6.92 Å². The fourth-order valence-electron chi connectivity index (χ4n) is 3.01. The van der Waals surface area contributed by atoms with Gasteiger partial charge >= 0.3 is 0 Å². The lowest BCUT2D eigenvalue weighted by Gasteiger charge is -2.35. The molecule has 2 aromatic rings. The van der Waals surface area contributed by atoms with Crippen LogP contribution in [0.1, 0.15) is 16.9 Å². The molecule has 0 aliphatic carbocycles. The van der Waals surface area contributed by atoms with Crippen LogP contribution >= 0.6 is 0 Å². The summed E-state index contributed by atoms with van der Waals surface area (Å²) in [7, 11) is 1.54.